The zero-order valence-corrected chi connectivity index (χ0v) is 17.3. The third kappa shape index (κ3) is 3.15. The third-order valence-corrected chi connectivity index (χ3v) is 8.14. The SMILES string of the molecule is CC1(n2nnnc2C(c2cccs2)N2CCc3sccc3C2)CCCCC1. The molecule has 2 aliphatic rings. The van der Waals surface area contributed by atoms with Gasteiger partial charge in [-0.15, -0.1) is 27.8 Å². The molecule has 1 saturated carbocycles. The van der Waals surface area contributed by atoms with E-state index in [1.54, 1.807) is 0 Å². The summed E-state index contributed by atoms with van der Waals surface area (Å²) < 4.78 is 2.17. The lowest BCUT2D eigenvalue weighted by Crippen LogP contribution is -2.40. The normalized spacial score (nSPS) is 21.1. The summed E-state index contributed by atoms with van der Waals surface area (Å²) in [4.78, 5) is 5.44. The van der Waals surface area contributed by atoms with Crippen LogP contribution in [0.2, 0.25) is 0 Å². The highest BCUT2D eigenvalue weighted by atomic mass is 32.1. The van der Waals surface area contributed by atoms with Gasteiger partial charge in [-0.05, 0) is 65.1 Å². The summed E-state index contributed by atoms with van der Waals surface area (Å²) in [5, 5.41) is 17.6. The van der Waals surface area contributed by atoms with E-state index in [9.17, 15) is 0 Å². The van der Waals surface area contributed by atoms with Crippen LogP contribution in [0.25, 0.3) is 0 Å². The van der Waals surface area contributed by atoms with Gasteiger partial charge in [-0.2, -0.15) is 0 Å². The Bertz CT molecular complexity index is 891. The smallest absolute Gasteiger partial charge is 0.174 e. The van der Waals surface area contributed by atoms with Gasteiger partial charge in [0.15, 0.2) is 5.82 Å². The minimum atomic E-state index is 0.0376. The molecule has 0 N–H and O–H groups in total. The molecule has 1 unspecified atom stereocenters. The van der Waals surface area contributed by atoms with Gasteiger partial charge in [-0.1, -0.05) is 25.3 Å². The van der Waals surface area contributed by atoms with Gasteiger partial charge in [0.05, 0.1) is 5.54 Å². The Morgan fingerprint density at radius 2 is 2.00 bits per heavy atom. The summed E-state index contributed by atoms with van der Waals surface area (Å²) in [7, 11) is 0. The first-order valence-electron chi connectivity index (χ1n) is 9.86. The van der Waals surface area contributed by atoms with Crippen LogP contribution in [0, 0.1) is 0 Å². The Morgan fingerprint density at radius 3 is 2.81 bits per heavy atom. The van der Waals surface area contributed by atoms with Crippen LogP contribution in [0.4, 0.5) is 0 Å². The van der Waals surface area contributed by atoms with Gasteiger partial charge in [0, 0.05) is 22.8 Å². The predicted octanol–water partition coefficient (Wildman–Crippen LogP) is 4.62. The Morgan fingerprint density at radius 1 is 1.11 bits per heavy atom. The fourth-order valence-electron chi connectivity index (χ4n) is 4.68. The van der Waals surface area contributed by atoms with E-state index < -0.39 is 0 Å². The fraction of sp³-hybridized carbons (Fsp3) is 0.550. The summed E-state index contributed by atoms with van der Waals surface area (Å²) in [5.41, 5.74) is 1.51. The van der Waals surface area contributed by atoms with Gasteiger partial charge < -0.3 is 0 Å². The Labute approximate surface area is 168 Å². The highest BCUT2D eigenvalue weighted by Gasteiger charge is 2.37. The first-order chi connectivity index (χ1) is 13.2. The zero-order valence-electron chi connectivity index (χ0n) is 15.7. The summed E-state index contributed by atoms with van der Waals surface area (Å²) in [5.74, 6) is 1.01. The highest BCUT2D eigenvalue weighted by Crippen LogP contribution is 2.40. The van der Waals surface area contributed by atoms with Crippen molar-refractivity contribution in [2.45, 2.75) is 63.6 Å². The molecule has 0 amide bonds. The maximum absolute atomic E-state index is 4.58. The van der Waals surface area contributed by atoms with E-state index in [1.807, 2.05) is 22.7 Å². The molecular formula is C20H25N5S2. The number of hydrogen-bond acceptors (Lipinski definition) is 6. The Kier molecular flexibility index (Phi) is 4.61. The van der Waals surface area contributed by atoms with Gasteiger partial charge in [0.25, 0.3) is 0 Å². The van der Waals surface area contributed by atoms with Gasteiger partial charge >= 0.3 is 0 Å². The number of rotatable bonds is 4. The average Bonchev–Trinajstić information content (AvgIpc) is 3.44. The maximum Gasteiger partial charge on any atom is 0.174 e. The van der Waals surface area contributed by atoms with Gasteiger partial charge in [-0.25, -0.2) is 4.68 Å². The molecule has 0 saturated heterocycles. The van der Waals surface area contributed by atoms with Gasteiger partial charge in [0.2, 0.25) is 0 Å². The standard InChI is InChI=1S/C20H25N5S2/c1-20(9-3-2-4-10-20)25-19(21-22-23-25)18(17-6-5-12-26-17)24-11-7-16-15(14-24)8-13-27-16/h5-6,8,12-13,18H,2-4,7,9-11,14H2,1H3. The van der Waals surface area contributed by atoms with Crippen LogP contribution >= 0.6 is 22.7 Å². The van der Waals surface area contributed by atoms with E-state index in [0.29, 0.717) is 0 Å². The van der Waals surface area contributed by atoms with Crippen LogP contribution in [-0.2, 0) is 18.5 Å². The van der Waals surface area contributed by atoms with Crippen LogP contribution in [0.5, 0.6) is 0 Å². The fourth-order valence-corrected chi connectivity index (χ4v) is 6.43. The molecule has 27 heavy (non-hydrogen) atoms. The average molecular weight is 400 g/mol. The molecule has 142 valence electrons. The summed E-state index contributed by atoms with van der Waals surface area (Å²) in [6.07, 6.45) is 7.30. The van der Waals surface area contributed by atoms with Crippen molar-refractivity contribution in [2.75, 3.05) is 6.54 Å². The van der Waals surface area contributed by atoms with Crippen LogP contribution in [-0.4, -0.2) is 31.7 Å². The monoisotopic (exact) mass is 399 g/mol. The molecule has 5 nitrogen and oxygen atoms in total. The van der Waals surface area contributed by atoms with E-state index in [1.165, 1.54) is 34.6 Å². The van der Waals surface area contributed by atoms with E-state index in [0.717, 1.165) is 38.2 Å². The molecule has 3 aromatic rings. The minimum Gasteiger partial charge on any atom is -0.284 e. The van der Waals surface area contributed by atoms with Crippen molar-refractivity contribution in [1.82, 2.24) is 25.1 Å². The molecule has 0 radical (unpaired) electrons. The predicted molar refractivity (Wildman–Crippen MR) is 109 cm³/mol. The number of nitrogens with zero attached hydrogens (tertiary/aromatic N) is 5. The minimum absolute atomic E-state index is 0.0376. The van der Waals surface area contributed by atoms with Crippen molar-refractivity contribution in [1.29, 1.82) is 0 Å². The van der Waals surface area contributed by atoms with Crippen molar-refractivity contribution < 1.29 is 0 Å². The molecule has 1 fully saturated rings. The number of fused-ring (bicyclic) bond motifs is 1. The Balaban J connectivity index is 1.54. The van der Waals surface area contributed by atoms with Crippen molar-refractivity contribution in [2.24, 2.45) is 0 Å². The molecule has 5 rings (SSSR count). The van der Waals surface area contributed by atoms with Crippen molar-refractivity contribution >= 4 is 22.7 Å². The molecule has 0 spiro atoms. The lowest BCUT2D eigenvalue weighted by Gasteiger charge is -2.38. The van der Waals surface area contributed by atoms with E-state index in [2.05, 4.69) is 61.0 Å². The summed E-state index contributed by atoms with van der Waals surface area (Å²) >= 11 is 3.70. The van der Waals surface area contributed by atoms with Crippen LogP contribution in [0.3, 0.4) is 0 Å². The van der Waals surface area contributed by atoms with Crippen LogP contribution in [0.1, 0.15) is 66.2 Å². The molecule has 4 heterocycles. The zero-order chi connectivity index (χ0) is 18.3. The van der Waals surface area contributed by atoms with Crippen molar-refractivity contribution in [3.05, 3.63) is 50.1 Å². The molecule has 1 aliphatic heterocycles. The highest BCUT2D eigenvalue weighted by molar-refractivity contribution is 7.10. The molecule has 0 bridgehead atoms. The molecule has 7 heteroatoms. The molecular weight excluding hydrogens is 374 g/mol. The second-order valence-corrected chi connectivity index (χ2v) is 9.99. The largest absolute Gasteiger partial charge is 0.284 e. The van der Waals surface area contributed by atoms with Crippen LogP contribution < -0.4 is 0 Å². The maximum atomic E-state index is 4.58. The third-order valence-electron chi connectivity index (χ3n) is 6.20. The first kappa shape index (κ1) is 17.5. The second kappa shape index (κ2) is 7.11. The summed E-state index contributed by atoms with van der Waals surface area (Å²) in [6, 6.07) is 6.79. The van der Waals surface area contributed by atoms with E-state index in [-0.39, 0.29) is 11.6 Å². The van der Waals surface area contributed by atoms with E-state index in [4.69, 9.17) is 0 Å². The summed E-state index contributed by atoms with van der Waals surface area (Å²) in [6.45, 7) is 4.37. The van der Waals surface area contributed by atoms with Crippen molar-refractivity contribution in [3.63, 3.8) is 0 Å². The molecule has 1 aliphatic carbocycles. The lowest BCUT2D eigenvalue weighted by molar-refractivity contribution is 0.157. The molecule has 0 aromatic carbocycles. The number of aromatic nitrogens is 4. The number of hydrogen-bond donors (Lipinski definition) is 0. The van der Waals surface area contributed by atoms with Crippen LogP contribution in [0.15, 0.2) is 29.0 Å². The topological polar surface area (TPSA) is 46.8 Å². The van der Waals surface area contributed by atoms with Gasteiger partial charge in [-0.3, -0.25) is 4.90 Å². The quantitative estimate of drug-likeness (QED) is 0.642. The van der Waals surface area contributed by atoms with Crippen molar-refractivity contribution in [3.8, 4) is 0 Å². The first-order valence-corrected chi connectivity index (χ1v) is 11.6. The number of tetrazole rings is 1. The lowest BCUT2D eigenvalue weighted by atomic mass is 9.83. The van der Waals surface area contributed by atoms with E-state index >= 15 is 0 Å². The molecule has 1 atom stereocenters. The molecule has 3 aromatic heterocycles. The number of thiophene rings is 2. The Hall–Kier alpha value is -1.57. The van der Waals surface area contributed by atoms with Gasteiger partial charge in [0.1, 0.15) is 6.04 Å². The second-order valence-electron chi connectivity index (χ2n) is 8.01.